The first kappa shape index (κ1) is 14.3. The highest BCUT2D eigenvalue weighted by Gasteiger charge is 2.16. The van der Waals surface area contributed by atoms with Crippen molar-refractivity contribution in [2.24, 2.45) is 5.41 Å². The Labute approximate surface area is 107 Å². The highest BCUT2D eigenvalue weighted by molar-refractivity contribution is 5.50. The molecule has 0 spiro atoms. The largest absolute Gasteiger partial charge is 0.491 e. The van der Waals surface area contributed by atoms with Crippen LogP contribution < -0.4 is 10.5 Å². The van der Waals surface area contributed by atoms with Gasteiger partial charge in [-0.2, -0.15) is 5.26 Å². The average Bonchev–Trinajstić information content (AvgIpc) is 2.31. The Morgan fingerprint density at radius 3 is 2.72 bits per heavy atom. The smallest absolute Gasteiger partial charge is 0.167 e. The van der Waals surface area contributed by atoms with Gasteiger partial charge in [0.15, 0.2) is 11.6 Å². The summed E-state index contributed by atoms with van der Waals surface area (Å²) in [5.74, 6) is -0.228. The van der Waals surface area contributed by atoms with Gasteiger partial charge in [-0.15, -0.1) is 0 Å². The van der Waals surface area contributed by atoms with Crippen LogP contribution in [0.4, 0.5) is 10.1 Å². The third kappa shape index (κ3) is 3.92. The number of hydrogen-bond donors (Lipinski definition) is 1. The number of ether oxygens (including phenoxy) is 1. The van der Waals surface area contributed by atoms with Crippen molar-refractivity contribution in [3.8, 4) is 11.8 Å². The van der Waals surface area contributed by atoms with E-state index in [1.54, 1.807) is 13.0 Å². The molecule has 0 amide bonds. The zero-order valence-electron chi connectivity index (χ0n) is 11.1. The molecule has 18 heavy (non-hydrogen) atoms. The number of hydrogen-bond acceptors (Lipinski definition) is 3. The van der Waals surface area contributed by atoms with Gasteiger partial charge in [-0.1, -0.05) is 0 Å². The summed E-state index contributed by atoms with van der Waals surface area (Å²) < 4.78 is 18.9. The molecule has 0 saturated carbocycles. The molecule has 0 aromatic heterocycles. The molecule has 0 fully saturated rings. The zero-order chi connectivity index (χ0) is 13.8. The van der Waals surface area contributed by atoms with E-state index in [1.165, 1.54) is 6.07 Å². The van der Waals surface area contributed by atoms with Crippen molar-refractivity contribution in [3.05, 3.63) is 23.5 Å². The minimum atomic E-state index is -0.447. The number of anilines is 1. The lowest BCUT2D eigenvalue weighted by molar-refractivity contribution is 0.273. The van der Waals surface area contributed by atoms with Gasteiger partial charge in [0.25, 0.3) is 0 Å². The Kier molecular flexibility index (Phi) is 4.55. The fourth-order valence-corrected chi connectivity index (χ4v) is 1.53. The molecule has 0 radical (unpaired) electrons. The molecule has 0 bridgehead atoms. The van der Waals surface area contributed by atoms with Crippen LogP contribution in [-0.4, -0.2) is 6.61 Å². The molecule has 3 nitrogen and oxygen atoms in total. The number of aryl methyl sites for hydroxylation is 1. The Morgan fingerprint density at radius 2 is 2.11 bits per heavy atom. The zero-order valence-corrected chi connectivity index (χ0v) is 11.1. The molecule has 1 aromatic rings. The molecule has 98 valence electrons. The van der Waals surface area contributed by atoms with E-state index in [-0.39, 0.29) is 11.2 Å². The van der Waals surface area contributed by atoms with Crippen molar-refractivity contribution in [3.63, 3.8) is 0 Å². The summed E-state index contributed by atoms with van der Waals surface area (Å²) in [6.07, 6.45) is 1.43. The maximum Gasteiger partial charge on any atom is 0.167 e. The second-order valence-corrected chi connectivity index (χ2v) is 5.09. The van der Waals surface area contributed by atoms with Gasteiger partial charge in [0, 0.05) is 11.8 Å². The van der Waals surface area contributed by atoms with E-state index in [2.05, 4.69) is 6.07 Å². The second-order valence-electron chi connectivity index (χ2n) is 5.09. The van der Waals surface area contributed by atoms with Gasteiger partial charge in [-0.05, 0) is 45.2 Å². The van der Waals surface area contributed by atoms with E-state index < -0.39 is 5.82 Å². The van der Waals surface area contributed by atoms with Crippen molar-refractivity contribution in [2.45, 2.75) is 33.6 Å². The highest BCUT2D eigenvalue weighted by Crippen LogP contribution is 2.25. The van der Waals surface area contributed by atoms with Gasteiger partial charge in [0.2, 0.25) is 0 Å². The molecule has 2 N–H and O–H groups in total. The van der Waals surface area contributed by atoms with Gasteiger partial charge >= 0.3 is 0 Å². The molecule has 0 aliphatic carbocycles. The van der Waals surface area contributed by atoms with Gasteiger partial charge in [0.1, 0.15) is 0 Å². The molecular formula is C14H19FN2O. The first-order valence-corrected chi connectivity index (χ1v) is 5.95. The van der Waals surface area contributed by atoms with E-state index in [4.69, 9.17) is 15.7 Å². The molecule has 0 heterocycles. The van der Waals surface area contributed by atoms with Crippen LogP contribution in [0.3, 0.4) is 0 Å². The number of rotatable bonds is 5. The molecule has 1 rings (SSSR count). The lowest BCUT2D eigenvalue weighted by Crippen LogP contribution is -2.10. The van der Waals surface area contributed by atoms with Crippen LogP contribution in [0.15, 0.2) is 12.1 Å². The summed E-state index contributed by atoms with van der Waals surface area (Å²) in [7, 11) is 0. The van der Waals surface area contributed by atoms with E-state index in [0.717, 1.165) is 12.0 Å². The molecular weight excluding hydrogens is 231 g/mol. The number of nitrogen functional groups attached to an aromatic ring is 1. The summed E-state index contributed by atoms with van der Waals surface area (Å²) in [6, 6.07) is 5.09. The third-order valence-corrected chi connectivity index (χ3v) is 2.83. The first-order chi connectivity index (χ1) is 8.35. The van der Waals surface area contributed by atoms with Gasteiger partial charge in [0.05, 0.1) is 18.1 Å². The third-order valence-electron chi connectivity index (χ3n) is 2.83. The summed E-state index contributed by atoms with van der Waals surface area (Å²) in [6.45, 7) is 5.95. The highest BCUT2D eigenvalue weighted by atomic mass is 19.1. The monoisotopic (exact) mass is 250 g/mol. The number of benzene rings is 1. The van der Waals surface area contributed by atoms with E-state index >= 15 is 0 Å². The SMILES string of the molecule is Cc1cc(OCCCC(C)(C)C#N)c(F)cc1N. The normalized spacial score (nSPS) is 11.1. The molecule has 1 aromatic carbocycles. The van der Waals surface area contributed by atoms with Crippen LogP contribution in [-0.2, 0) is 0 Å². The van der Waals surface area contributed by atoms with Crippen LogP contribution in [0.1, 0.15) is 32.3 Å². The maximum atomic E-state index is 13.5. The fraction of sp³-hybridized carbons (Fsp3) is 0.500. The van der Waals surface area contributed by atoms with Crippen molar-refractivity contribution >= 4 is 5.69 Å². The van der Waals surface area contributed by atoms with Crippen LogP contribution in [0, 0.1) is 29.5 Å². The number of nitrogens with zero attached hydrogens (tertiary/aromatic N) is 1. The quantitative estimate of drug-likeness (QED) is 0.643. The van der Waals surface area contributed by atoms with Gasteiger partial charge in [-0.25, -0.2) is 4.39 Å². The summed E-state index contributed by atoms with van der Waals surface area (Å²) in [5.41, 5.74) is 6.44. The Hall–Kier alpha value is -1.76. The van der Waals surface area contributed by atoms with E-state index in [9.17, 15) is 4.39 Å². The summed E-state index contributed by atoms with van der Waals surface area (Å²) in [5, 5.41) is 8.86. The maximum absolute atomic E-state index is 13.5. The number of nitrogens with two attached hydrogens (primary N) is 1. The number of nitriles is 1. The van der Waals surface area contributed by atoms with Crippen molar-refractivity contribution in [1.29, 1.82) is 5.26 Å². The van der Waals surface area contributed by atoms with Gasteiger partial charge in [-0.3, -0.25) is 0 Å². The van der Waals surface area contributed by atoms with Crippen LogP contribution in [0.25, 0.3) is 0 Å². The Morgan fingerprint density at radius 1 is 1.44 bits per heavy atom. The molecule has 0 atom stereocenters. The molecule has 0 saturated heterocycles. The predicted molar refractivity (Wildman–Crippen MR) is 69.7 cm³/mol. The lowest BCUT2D eigenvalue weighted by Gasteiger charge is -2.15. The molecule has 0 aliphatic heterocycles. The average molecular weight is 250 g/mol. The van der Waals surface area contributed by atoms with E-state index in [1.807, 2.05) is 13.8 Å². The summed E-state index contributed by atoms with van der Waals surface area (Å²) >= 11 is 0. The van der Waals surface area contributed by atoms with Crippen molar-refractivity contribution < 1.29 is 9.13 Å². The van der Waals surface area contributed by atoms with Crippen molar-refractivity contribution in [1.82, 2.24) is 0 Å². The second kappa shape index (κ2) is 5.72. The van der Waals surface area contributed by atoms with Crippen LogP contribution in [0.2, 0.25) is 0 Å². The Bertz CT molecular complexity index is 464. The minimum absolute atomic E-state index is 0.219. The number of halogens is 1. The topological polar surface area (TPSA) is 59.0 Å². The predicted octanol–water partition coefficient (Wildman–Crippen LogP) is 3.43. The minimum Gasteiger partial charge on any atom is -0.491 e. The standard InChI is InChI=1S/C14H19FN2O/c1-10-7-13(11(15)8-12(10)17)18-6-4-5-14(2,3)9-16/h7-8H,4-6,17H2,1-3H3. The molecule has 4 heteroatoms. The van der Waals surface area contributed by atoms with Gasteiger partial charge < -0.3 is 10.5 Å². The molecule has 0 unspecified atom stereocenters. The first-order valence-electron chi connectivity index (χ1n) is 5.95. The molecule has 0 aliphatic rings. The fourth-order valence-electron chi connectivity index (χ4n) is 1.53. The van der Waals surface area contributed by atoms with Crippen molar-refractivity contribution in [2.75, 3.05) is 12.3 Å². The van der Waals surface area contributed by atoms with E-state index in [0.29, 0.717) is 18.7 Å². The van der Waals surface area contributed by atoms with Crippen LogP contribution >= 0.6 is 0 Å². The summed E-state index contributed by atoms with van der Waals surface area (Å²) in [4.78, 5) is 0. The Balaban J connectivity index is 2.50. The van der Waals surface area contributed by atoms with Crippen LogP contribution in [0.5, 0.6) is 5.75 Å². The lowest BCUT2D eigenvalue weighted by atomic mass is 9.90.